The highest BCUT2D eigenvalue weighted by molar-refractivity contribution is 6.13. The molecule has 0 radical (unpaired) electrons. The summed E-state index contributed by atoms with van der Waals surface area (Å²) in [5.41, 5.74) is 7.33. The fourth-order valence-electron chi connectivity index (χ4n) is 15.8. The van der Waals surface area contributed by atoms with Crippen LogP contribution in [0.3, 0.4) is 0 Å². The Bertz CT molecular complexity index is 2730. The van der Waals surface area contributed by atoms with Crippen molar-refractivity contribution in [3.8, 4) is 0 Å². The molecule has 12 heterocycles. The third-order valence-electron chi connectivity index (χ3n) is 20.6. The highest BCUT2D eigenvalue weighted by Crippen LogP contribution is 2.54. The highest BCUT2D eigenvalue weighted by atomic mass is 16.8. The van der Waals surface area contributed by atoms with E-state index in [1.165, 1.54) is 12.2 Å². The number of nitrogens with two attached hydrogens (primary N) is 1. The quantitative estimate of drug-likeness (QED) is 0.0600. The molecule has 12 rings (SSSR count). The van der Waals surface area contributed by atoms with E-state index in [1.54, 1.807) is 25.9 Å². The van der Waals surface area contributed by atoms with Crippen molar-refractivity contribution in [3.05, 3.63) is 36.5 Å². The molecule has 21 atom stereocenters. The summed E-state index contributed by atoms with van der Waals surface area (Å²) in [5, 5.41) is 22.7. The number of ether oxygens (including phenoxy) is 9. The van der Waals surface area contributed by atoms with Gasteiger partial charge in [0.05, 0.1) is 73.7 Å². The monoisotopic (exact) mass is 1260 g/mol. The van der Waals surface area contributed by atoms with Crippen LogP contribution in [0.15, 0.2) is 36.5 Å². The molecular weight excluding hydrogens is 1170 g/mol. The fraction of sp³-hybridized carbons (Fsp3) is 0.781. The van der Waals surface area contributed by atoms with E-state index in [4.69, 9.17) is 48.4 Å². The maximum atomic E-state index is 14.6. The number of ketones is 1. The first kappa shape index (κ1) is 66.2. The molecule has 90 heavy (non-hydrogen) atoms. The Hall–Kier alpha value is -5.26. The maximum Gasteiger partial charge on any atom is 0.312 e. The van der Waals surface area contributed by atoms with Gasteiger partial charge in [-0.1, -0.05) is 33.9 Å². The number of primary amides is 1. The predicted molar refractivity (Wildman–Crippen MR) is 319 cm³/mol. The number of hydrogen-bond donors (Lipinski definition) is 6. The number of nitrogens with one attached hydrogen (secondary N) is 4. The first-order chi connectivity index (χ1) is 43.1. The Kier molecular flexibility index (Phi) is 21.0. The van der Waals surface area contributed by atoms with Gasteiger partial charge in [0.2, 0.25) is 23.6 Å². The Labute approximate surface area is 526 Å². The van der Waals surface area contributed by atoms with E-state index in [0.717, 1.165) is 48.2 Å². The average molecular weight is 1260 g/mol. The van der Waals surface area contributed by atoms with Crippen molar-refractivity contribution >= 4 is 47.3 Å². The lowest BCUT2D eigenvalue weighted by Crippen LogP contribution is -2.61. The van der Waals surface area contributed by atoms with E-state index >= 15 is 0 Å². The van der Waals surface area contributed by atoms with E-state index in [2.05, 4.69) is 41.3 Å². The zero-order chi connectivity index (χ0) is 63.7. The molecule has 2 unspecified atom stereocenters. The van der Waals surface area contributed by atoms with Crippen molar-refractivity contribution in [3.63, 3.8) is 0 Å². The molecule has 0 aromatic carbocycles. The minimum absolute atomic E-state index is 0.0123. The number of urea groups is 1. The third-order valence-corrected chi connectivity index (χ3v) is 20.6. The second-order valence-corrected chi connectivity index (χ2v) is 27.3. The summed E-state index contributed by atoms with van der Waals surface area (Å²) in [5.74, 6) is -4.44. The van der Waals surface area contributed by atoms with Crippen LogP contribution in [0.25, 0.3) is 0 Å². The fourth-order valence-corrected chi connectivity index (χ4v) is 15.8. The topological polar surface area (TPSA) is 324 Å². The Morgan fingerprint density at radius 1 is 0.767 bits per heavy atom. The largest absolute Gasteiger partial charge is 0.391 e. The van der Waals surface area contributed by atoms with Gasteiger partial charge in [0.15, 0.2) is 5.79 Å². The second kappa shape index (κ2) is 28.5. The van der Waals surface area contributed by atoms with Crippen LogP contribution in [0.2, 0.25) is 0 Å². The van der Waals surface area contributed by atoms with E-state index in [9.17, 15) is 43.5 Å². The molecule has 12 aliphatic rings. The maximum absolute atomic E-state index is 14.6. The molecule has 12 bridgehead atoms. The summed E-state index contributed by atoms with van der Waals surface area (Å²) < 4.78 is 60.9. The molecule has 0 aromatic rings. The number of imide groups is 1. The predicted octanol–water partition coefficient (Wildman–Crippen LogP) is 1.13. The summed E-state index contributed by atoms with van der Waals surface area (Å²) in [7, 11) is 1.57. The smallest absolute Gasteiger partial charge is 0.312 e. The van der Waals surface area contributed by atoms with Gasteiger partial charge in [0, 0.05) is 116 Å². The van der Waals surface area contributed by atoms with Gasteiger partial charge in [-0.05, 0) is 80.8 Å². The molecule has 498 valence electrons. The average Bonchev–Trinajstić information content (AvgIpc) is 1.55. The standard InChI is InChI=1S/C64H94N8O18/c1-33(2)54(69-50(75)32-70-20-22-71(23-21-70)51(76)16-19-72-52(77)13-14-53(72)78)62(80)68-43(8-7-18-66-63(65)81)61(79)67-31-38(74)28-48-55(82-6)42-27-37(73)26-40-10-12-45-56(85-40)60-59-58(87-45)57-49(88-59)30-64(89-57,90-60)17-15-41-25-35(4)44(83-41)11-9-39-24-34(3)36(5)46(84-39)29-47(42)86-48/h13-14,33-34,38-49,54-60,74H,4-5,7-12,15-32H2,1-3,6H3,(H,67,79)(H,68,80)(H,69,75)(H3,65,66,81)/t34-,38+,39+,40-,41+,42+,43+,44+,45+,46-,47+,48-,49-,54+,55-,56+,57+,58?,59?,60+,64+/m1/s1. The molecule has 1 spiro atoms. The van der Waals surface area contributed by atoms with Gasteiger partial charge < -0.3 is 79.6 Å². The van der Waals surface area contributed by atoms with Crippen molar-refractivity contribution < 1.29 is 86.1 Å². The molecule has 11 fully saturated rings. The molecule has 11 saturated heterocycles. The summed E-state index contributed by atoms with van der Waals surface area (Å²) in [6, 6.07) is -2.97. The number of aliphatic hydroxyl groups excluding tert-OH is 1. The Morgan fingerprint density at radius 2 is 1.48 bits per heavy atom. The second-order valence-electron chi connectivity index (χ2n) is 27.3. The summed E-state index contributed by atoms with van der Waals surface area (Å²) in [4.78, 5) is 109. The van der Waals surface area contributed by atoms with Gasteiger partial charge >= 0.3 is 6.03 Å². The lowest BCUT2D eigenvalue weighted by atomic mass is 9.81. The molecule has 12 aliphatic heterocycles. The van der Waals surface area contributed by atoms with Crippen molar-refractivity contribution in [2.24, 2.45) is 23.5 Å². The van der Waals surface area contributed by atoms with Crippen molar-refractivity contribution in [2.45, 2.75) is 239 Å². The van der Waals surface area contributed by atoms with Crippen LogP contribution in [0.4, 0.5) is 4.79 Å². The van der Waals surface area contributed by atoms with Crippen molar-refractivity contribution in [1.82, 2.24) is 36.0 Å². The van der Waals surface area contributed by atoms with Gasteiger partial charge in [0.1, 0.15) is 48.4 Å². The summed E-state index contributed by atoms with van der Waals surface area (Å²) in [6.07, 6.45) is 3.28. The minimum Gasteiger partial charge on any atom is -0.391 e. The first-order valence-electron chi connectivity index (χ1n) is 32.9. The first-order valence-corrected chi connectivity index (χ1v) is 32.9. The molecule has 8 amide bonds. The number of amides is 8. The minimum atomic E-state index is -1.18. The van der Waals surface area contributed by atoms with Crippen LogP contribution < -0.4 is 27.0 Å². The molecular formula is C64H94N8O18. The number of nitrogens with zero attached hydrogens (tertiary/aromatic N) is 3. The number of aliphatic hydroxyl groups is 1. The van der Waals surface area contributed by atoms with Gasteiger partial charge in [-0.15, -0.1) is 0 Å². The van der Waals surface area contributed by atoms with Crippen LogP contribution in [-0.4, -0.2) is 242 Å². The molecule has 0 aliphatic carbocycles. The van der Waals surface area contributed by atoms with Crippen LogP contribution in [0, 0.1) is 17.8 Å². The molecule has 26 nitrogen and oxygen atoms in total. The lowest BCUT2D eigenvalue weighted by Gasteiger charge is -2.47. The van der Waals surface area contributed by atoms with E-state index < -0.39 is 114 Å². The van der Waals surface area contributed by atoms with Crippen LogP contribution in [0.1, 0.15) is 124 Å². The van der Waals surface area contributed by atoms with Crippen molar-refractivity contribution in [2.75, 3.05) is 59.5 Å². The van der Waals surface area contributed by atoms with Crippen LogP contribution in [-0.2, 0) is 76.2 Å². The zero-order valence-corrected chi connectivity index (χ0v) is 52.5. The van der Waals surface area contributed by atoms with Crippen molar-refractivity contribution in [1.29, 1.82) is 0 Å². The van der Waals surface area contributed by atoms with E-state index in [1.807, 2.05) is 4.90 Å². The third kappa shape index (κ3) is 15.0. The lowest BCUT2D eigenvalue weighted by molar-refractivity contribution is -0.292. The highest BCUT2D eigenvalue weighted by Gasteiger charge is 2.69. The van der Waals surface area contributed by atoms with Gasteiger partial charge in [0.25, 0.3) is 11.8 Å². The zero-order valence-electron chi connectivity index (χ0n) is 52.5. The van der Waals surface area contributed by atoms with E-state index in [-0.39, 0.29) is 131 Å². The Morgan fingerprint density at radius 3 is 2.22 bits per heavy atom. The summed E-state index contributed by atoms with van der Waals surface area (Å²) in [6.45, 7) is 15.8. The number of carbonyl (C=O) groups is 8. The van der Waals surface area contributed by atoms with Gasteiger partial charge in [-0.3, -0.25) is 43.4 Å². The molecule has 0 saturated carbocycles. The number of methoxy groups -OCH3 is 1. The normalized spacial score (nSPS) is 37.8. The molecule has 26 heteroatoms. The van der Waals surface area contributed by atoms with E-state index in [0.29, 0.717) is 58.3 Å². The van der Waals surface area contributed by atoms with Gasteiger partial charge in [-0.25, -0.2) is 4.79 Å². The number of piperazine rings is 1. The molecule has 7 N–H and O–H groups in total. The number of Topliss-reactive ketones (excluding diaryl/α,β-unsaturated/α-hetero) is 1. The number of rotatable bonds is 19. The number of carbonyl (C=O) groups excluding carboxylic acids is 8. The van der Waals surface area contributed by atoms with Gasteiger partial charge in [-0.2, -0.15) is 0 Å². The number of hydrogen-bond acceptors (Lipinski definition) is 19. The summed E-state index contributed by atoms with van der Waals surface area (Å²) >= 11 is 0. The number of fused-ring (bicyclic) bond motifs is 6. The molecule has 0 aromatic heterocycles. The SMILES string of the molecule is C=C1C[C@@H]2CC[C@@]34C[C@H]5OC6C(O[C@H]7CC[C@H](CC(=O)C[C@@H]8[C@@H](OC)[C@@H](C[C@H](O)CNC(=O)[C@H](CCCNC(N)=O)NC(=O)[C@@H](NC(=O)CN9CCN(C(=O)CCN%10C(=O)C=CC%10=O)CC9)C(C)C)O[C@H]8C[C@H]8O[C@@H](CC[C@@H]1O2)C[C@@H](C)C8=C)O[C@@H]7[C@@H]6O3)[C@H]5O4. The van der Waals surface area contributed by atoms with Crippen LogP contribution in [0.5, 0.6) is 0 Å². The van der Waals surface area contributed by atoms with Crippen LogP contribution >= 0.6 is 0 Å². The Balaban J connectivity index is 0.724.